The van der Waals surface area contributed by atoms with Gasteiger partial charge in [-0.25, -0.2) is 4.98 Å². The Morgan fingerprint density at radius 1 is 1.15 bits per heavy atom. The number of aryl methyl sites for hydroxylation is 1. The summed E-state index contributed by atoms with van der Waals surface area (Å²) >= 11 is 0. The number of aromatic amines is 1. The predicted octanol–water partition coefficient (Wildman–Crippen LogP) is 2.55. The van der Waals surface area contributed by atoms with Gasteiger partial charge in [0.2, 0.25) is 5.78 Å². The Morgan fingerprint density at radius 2 is 1.92 bits per heavy atom. The summed E-state index contributed by atoms with van der Waals surface area (Å²) in [4.78, 5) is 25.5. The van der Waals surface area contributed by atoms with Crippen LogP contribution < -0.4 is 5.56 Å². The van der Waals surface area contributed by atoms with E-state index in [1.165, 1.54) is 17.4 Å². The Hall–Kier alpha value is -2.96. The minimum Gasteiger partial charge on any atom is -0.336 e. The zero-order valence-electron chi connectivity index (χ0n) is 14.6. The standard InChI is InChI=1S/C19H20N6O/c1-24-17-15(21-16(22-17)13-9-5-6-10-13)18(26)25-19(24)20-14(23-25)11-12-7-3-2-4-8-12/h2-4,7-8,13H,5-6,9-11H2,1H3,(H,21,22). The molecule has 132 valence electrons. The molecule has 5 rings (SSSR count). The average Bonchev–Trinajstić information content (AvgIpc) is 3.39. The highest BCUT2D eigenvalue weighted by Gasteiger charge is 2.23. The van der Waals surface area contributed by atoms with E-state index in [0.29, 0.717) is 35.1 Å². The molecule has 7 heteroatoms. The number of hydrogen-bond acceptors (Lipinski definition) is 4. The molecule has 3 aromatic heterocycles. The Bertz CT molecular complexity index is 1150. The van der Waals surface area contributed by atoms with Crippen LogP contribution in [-0.4, -0.2) is 29.1 Å². The molecule has 7 nitrogen and oxygen atoms in total. The monoisotopic (exact) mass is 348 g/mol. The van der Waals surface area contributed by atoms with E-state index in [9.17, 15) is 4.79 Å². The molecular formula is C19H20N6O. The minimum atomic E-state index is -0.184. The summed E-state index contributed by atoms with van der Waals surface area (Å²) in [6.45, 7) is 0. The summed E-state index contributed by atoms with van der Waals surface area (Å²) in [5.74, 6) is 2.50. The third-order valence-electron chi connectivity index (χ3n) is 5.31. The predicted molar refractivity (Wildman–Crippen MR) is 98.3 cm³/mol. The van der Waals surface area contributed by atoms with E-state index in [1.54, 1.807) is 0 Å². The summed E-state index contributed by atoms with van der Waals surface area (Å²) < 4.78 is 3.24. The molecule has 0 aliphatic heterocycles. The fraction of sp³-hybridized carbons (Fsp3) is 0.368. The van der Waals surface area contributed by atoms with E-state index in [-0.39, 0.29) is 5.56 Å². The van der Waals surface area contributed by atoms with Crippen LogP contribution >= 0.6 is 0 Å². The van der Waals surface area contributed by atoms with Gasteiger partial charge in [0, 0.05) is 19.4 Å². The van der Waals surface area contributed by atoms with E-state index in [4.69, 9.17) is 4.98 Å². The Labute approximate surface area is 149 Å². The van der Waals surface area contributed by atoms with Crippen molar-refractivity contribution in [1.82, 2.24) is 29.1 Å². The highest BCUT2D eigenvalue weighted by molar-refractivity contribution is 5.72. The molecule has 1 aliphatic carbocycles. The van der Waals surface area contributed by atoms with Crippen molar-refractivity contribution in [2.75, 3.05) is 0 Å². The normalized spacial score (nSPS) is 15.4. The van der Waals surface area contributed by atoms with Gasteiger partial charge in [-0.3, -0.25) is 9.36 Å². The third-order valence-corrected chi connectivity index (χ3v) is 5.31. The largest absolute Gasteiger partial charge is 0.336 e. The van der Waals surface area contributed by atoms with E-state index in [1.807, 2.05) is 41.9 Å². The van der Waals surface area contributed by atoms with Gasteiger partial charge in [-0.2, -0.15) is 9.50 Å². The van der Waals surface area contributed by atoms with E-state index in [2.05, 4.69) is 15.1 Å². The number of nitrogens with one attached hydrogen (secondary N) is 1. The highest BCUT2D eigenvalue weighted by atomic mass is 16.1. The second-order valence-corrected chi connectivity index (χ2v) is 7.07. The van der Waals surface area contributed by atoms with Gasteiger partial charge in [-0.05, 0) is 18.4 Å². The minimum absolute atomic E-state index is 0.184. The van der Waals surface area contributed by atoms with Crippen molar-refractivity contribution in [2.24, 2.45) is 7.05 Å². The lowest BCUT2D eigenvalue weighted by atomic mass is 10.1. The van der Waals surface area contributed by atoms with Crippen LogP contribution in [0.1, 0.15) is 48.8 Å². The van der Waals surface area contributed by atoms with Crippen LogP contribution in [-0.2, 0) is 13.5 Å². The van der Waals surface area contributed by atoms with Crippen LogP contribution in [0.3, 0.4) is 0 Å². The molecule has 3 heterocycles. The van der Waals surface area contributed by atoms with Gasteiger partial charge in [0.1, 0.15) is 5.82 Å². The first kappa shape index (κ1) is 15.3. The molecular weight excluding hydrogens is 328 g/mol. The first-order valence-corrected chi connectivity index (χ1v) is 9.09. The molecule has 0 atom stereocenters. The van der Waals surface area contributed by atoms with E-state index < -0.39 is 0 Å². The molecule has 26 heavy (non-hydrogen) atoms. The van der Waals surface area contributed by atoms with Crippen molar-refractivity contribution in [3.05, 3.63) is 57.9 Å². The number of rotatable bonds is 3. The van der Waals surface area contributed by atoms with Crippen LogP contribution in [0.15, 0.2) is 35.1 Å². The van der Waals surface area contributed by atoms with Crippen LogP contribution in [0, 0.1) is 0 Å². The van der Waals surface area contributed by atoms with Gasteiger partial charge in [-0.1, -0.05) is 43.2 Å². The van der Waals surface area contributed by atoms with Gasteiger partial charge < -0.3 is 4.98 Å². The van der Waals surface area contributed by atoms with Crippen molar-refractivity contribution < 1.29 is 0 Å². The number of fused-ring (bicyclic) bond motifs is 2. The molecule has 0 radical (unpaired) electrons. The molecule has 0 bridgehead atoms. The SMILES string of the molecule is Cn1c2nc(C3CCCC3)[nH]c2c(=O)n2nc(Cc3ccccc3)nc12. The summed E-state index contributed by atoms with van der Waals surface area (Å²) in [5.41, 5.74) is 2.10. The van der Waals surface area contributed by atoms with Crippen molar-refractivity contribution in [1.29, 1.82) is 0 Å². The highest BCUT2D eigenvalue weighted by Crippen LogP contribution is 2.32. The second kappa shape index (κ2) is 5.79. The first-order chi connectivity index (χ1) is 12.7. The Kier molecular flexibility index (Phi) is 3.41. The van der Waals surface area contributed by atoms with E-state index in [0.717, 1.165) is 24.2 Å². The zero-order chi connectivity index (χ0) is 17.7. The molecule has 1 fully saturated rings. The number of imidazole rings is 1. The van der Waals surface area contributed by atoms with Crippen molar-refractivity contribution in [2.45, 2.75) is 38.0 Å². The summed E-state index contributed by atoms with van der Waals surface area (Å²) in [5, 5.41) is 4.45. The zero-order valence-corrected chi connectivity index (χ0v) is 14.6. The van der Waals surface area contributed by atoms with Gasteiger partial charge in [-0.15, -0.1) is 5.10 Å². The van der Waals surface area contributed by atoms with Crippen LogP contribution in [0.5, 0.6) is 0 Å². The third kappa shape index (κ3) is 2.34. The number of benzene rings is 1. The number of H-pyrrole nitrogens is 1. The lowest BCUT2D eigenvalue weighted by Crippen LogP contribution is -2.18. The molecule has 1 aromatic carbocycles. The topological polar surface area (TPSA) is 80.9 Å². The summed E-state index contributed by atoms with van der Waals surface area (Å²) in [6, 6.07) is 10.0. The number of hydrogen-bond donors (Lipinski definition) is 1. The van der Waals surface area contributed by atoms with Crippen molar-refractivity contribution >= 4 is 16.9 Å². The van der Waals surface area contributed by atoms with Crippen LogP contribution in [0.25, 0.3) is 16.9 Å². The fourth-order valence-corrected chi connectivity index (χ4v) is 3.92. The molecule has 0 amide bonds. The van der Waals surface area contributed by atoms with Gasteiger partial charge in [0.15, 0.2) is 17.0 Å². The maximum absolute atomic E-state index is 12.9. The molecule has 4 aromatic rings. The number of aromatic nitrogens is 6. The van der Waals surface area contributed by atoms with Crippen molar-refractivity contribution in [3.8, 4) is 0 Å². The maximum Gasteiger partial charge on any atom is 0.301 e. The van der Waals surface area contributed by atoms with Gasteiger partial charge in [0.05, 0.1) is 0 Å². The van der Waals surface area contributed by atoms with Crippen LogP contribution in [0.4, 0.5) is 0 Å². The fourth-order valence-electron chi connectivity index (χ4n) is 3.92. The average molecular weight is 348 g/mol. The Balaban J connectivity index is 1.63. The first-order valence-electron chi connectivity index (χ1n) is 9.09. The van der Waals surface area contributed by atoms with Gasteiger partial charge in [0.25, 0.3) is 0 Å². The Morgan fingerprint density at radius 3 is 2.69 bits per heavy atom. The number of nitrogens with zero attached hydrogens (tertiary/aromatic N) is 5. The smallest absolute Gasteiger partial charge is 0.301 e. The van der Waals surface area contributed by atoms with Crippen molar-refractivity contribution in [3.63, 3.8) is 0 Å². The molecule has 1 aliphatic rings. The maximum atomic E-state index is 12.9. The molecule has 1 saturated carbocycles. The van der Waals surface area contributed by atoms with Gasteiger partial charge >= 0.3 is 5.56 Å². The molecule has 0 spiro atoms. The van der Waals surface area contributed by atoms with E-state index >= 15 is 0 Å². The second-order valence-electron chi connectivity index (χ2n) is 7.07. The quantitative estimate of drug-likeness (QED) is 0.617. The lowest BCUT2D eigenvalue weighted by molar-refractivity contribution is 0.680. The molecule has 1 N–H and O–H groups in total. The molecule has 0 unspecified atom stereocenters. The lowest BCUT2D eigenvalue weighted by Gasteiger charge is -2.02. The van der Waals surface area contributed by atoms with Crippen LogP contribution in [0.2, 0.25) is 0 Å². The summed E-state index contributed by atoms with van der Waals surface area (Å²) in [6.07, 6.45) is 5.32. The molecule has 0 saturated heterocycles. The summed E-state index contributed by atoms with van der Waals surface area (Å²) in [7, 11) is 1.89.